The second-order valence-electron chi connectivity index (χ2n) is 8.27. The number of likely N-dealkylation sites (N-methyl/N-ethyl adjacent to an activating group) is 1. The molecule has 3 aromatic rings. The number of hydrogen-bond donors (Lipinski definition) is 0. The standard InChI is InChI=1S/C25H28FN3OS/c1-28(25(30)22-10-14-31-18-22)24(15-21-6-2-3-7-23(21)26)20-8-12-29(13-9-20)17-19-5-4-11-27-16-19/h2-7,10-11,14,16,18,20,24H,8-9,12-13,15,17H2,1H3/t24-/m0/s1. The van der Waals surface area contributed by atoms with Crippen LogP contribution in [-0.4, -0.2) is 46.9 Å². The lowest BCUT2D eigenvalue weighted by Gasteiger charge is -2.40. The summed E-state index contributed by atoms with van der Waals surface area (Å²) < 4.78 is 14.4. The molecule has 4 rings (SSSR count). The first-order valence-corrected chi connectivity index (χ1v) is 11.7. The topological polar surface area (TPSA) is 36.4 Å². The van der Waals surface area contributed by atoms with Crippen LogP contribution in [0.25, 0.3) is 0 Å². The van der Waals surface area contributed by atoms with Gasteiger partial charge in [0.15, 0.2) is 0 Å². The largest absolute Gasteiger partial charge is 0.338 e. The van der Waals surface area contributed by atoms with Crippen molar-refractivity contribution in [3.8, 4) is 0 Å². The predicted octanol–water partition coefficient (Wildman–Crippen LogP) is 4.88. The van der Waals surface area contributed by atoms with Crippen LogP contribution in [0.3, 0.4) is 0 Å². The highest BCUT2D eigenvalue weighted by Gasteiger charge is 2.32. The average Bonchev–Trinajstić information content (AvgIpc) is 3.34. The van der Waals surface area contributed by atoms with Crippen LogP contribution in [0.2, 0.25) is 0 Å². The summed E-state index contributed by atoms with van der Waals surface area (Å²) in [5.74, 6) is 0.149. The van der Waals surface area contributed by atoms with Gasteiger partial charge in [0.1, 0.15) is 5.82 Å². The Hall–Kier alpha value is -2.57. The summed E-state index contributed by atoms with van der Waals surface area (Å²) in [5.41, 5.74) is 2.60. The monoisotopic (exact) mass is 437 g/mol. The van der Waals surface area contributed by atoms with Crippen LogP contribution in [-0.2, 0) is 13.0 Å². The second-order valence-corrected chi connectivity index (χ2v) is 9.05. The smallest absolute Gasteiger partial charge is 0.254 e. The van der Waals surface area contributed by atoms with E-state index in [2.05, 4.69) is 16.0 Å². The van der Waals surface area contributed by atoms with Gasteiger partial charge >= 0.3 is 0 Å². The molecular formula is C25H28FN3OS. The van der Waals surface area contributed by atoms with E-state index in [-0.39, 0.29) is 17.8 Å². The van der Waals surface area contributed by atoms with Crippen LogP contribution in [0.5, 0.6) is 0 Å². The lowest BCUT2D eigenvalue weighted by atomic mass is 9.84. The first kappa shape index (κ1) is 21.7. The predicted molar refractivity (Wildman–Crippen MR) is 123 cm³/mol. The van der Waals surface area contributed by atoms with Gasteiger partial charge in [-0.1, -0.05) is 24.3 Å². The van der Waals surface area contributed by atoms with Crippen LogP contribution in [0.1, 0.15) is 34.3 Å². The minimum Gasteiger partial charge on any atom is -0.338 e. The van der Waals surface area contributed by atoms with Crippen LogP contribution in [0, 0.1) is 11.7 Å². The van der Waals surface area contributed by atoms with E-state index < -0.39 is 0 Å². The Morgan fingerprint density at radius 2 is 2.03 bits per heavy atom. The fourth-order valence-corrected chi connectivity index (χ4v) is 5.12. The molecule has 1 fully saturated rings. The van der Waals surface area contributed by atoms with E-state index >= 15 is 0 Å². The minimum absolute atomic E-state index is 0.0142. The Morgan fingerprint density at radius 3 is 2.71 bits per heavy atom. The van der Waals surface area contributed by atoms with Crippen molar-refractivity contribution in [2.75, 3.05) is 20.1 Å². The molecule has 0 unspecified atom stereocenters. The van der Waals surface area contributed by atoms with E-state index in [4.69, 9.17) is 0 Å². The molecule has 0 spiro atoms. The molecule has 3 heterocycles. The van der Waals surface area contributed by atoms with Crippen molar-refractivity contribution in [1.29, 1.82) is 0 Å². The number of nitrogens with zero attached hydrogens (tertiary/aromatic N) is 3. The number of rotatable bonds is 7. The maximum Gasteiger partial charge on any atom is 0.254 e. The van der Waals surface area contributed by atoms with Crippen LogP contribution < -0.4 is 0 Å². The van der Waals surface area contributed by atoms with E-state index in [0.717, 1.165) is 32.5 Å². The second kappa shape index (κ2) is 10.2. The Balaban J connectivity index is 1.48. The van der Waals surface area contributed by atoms with E-state index in [9.17, 15) is 9.18 Å². The van der Waals surface area contributed by atoms with E-state index in [0.29, 0.717) is 23.5 Å². The van der Waals surface area contributed by atoms with Gasteiger partial charge in [-0.2, -0.15) is 11.3 Å². The normalized spacial score (nSPS) is 16.2. The molecule has 1 aliphatic rings. The van der Waals surface area contributed by atoms with Gasteiger partial charge in [-0.15, -0.1) is 0 Å². The van der Waals surface area contributed by atoms with E-state index in [1.807, 2.05) is 53.2 Å². The van der Waals surface area contributed by atoms with Crippen molar-refractivity contribution in [3.63, 3.8) is 0 Å². The Morgan fingerprint density at radius 1 is 1.23 bits per heavy atom. The molecule has 0 saturated carbocycles. The number of carbonyl (C=O) groups is 1. The number of amides is 1. The number of thiophene rings is 1. The first-order valence-electron chi connectivity index (χ1n) is 10.8. The number of likely N-dealkylation sites (tertiary alicyclic amines) is 1. The summed E-state index contributed by atoms with van der Waals surface area (Å²) in [6.07, 6.45) is 6.22. The minimum atomic E-state index is -0.196. The number of piperidine rings is 1. The quantitative estimate of drug-likeness (QED) is 0.529. The molecule has 1 atom stereocenters. The first-order chi connectivity index (χ1) is 15.1. The average molecular weight is 438 g/mol. The van der Waals surface area contributed by atoms with Gasteiger partial charge in [-0.25, -0.2) is 4.39 Å². The maximum absolute atomic E-state index is 14.4. The summed E-state index contributed by atoms with van der Waals surface area (Å²) in [6.45, 7) is 2.82. The number of pyridine rings is 1. The lowest BCUT2D eigenvalue weighted by molar-refractivity contribution is 0.0584. The number of hydrogen-bond acceptors (Lipinski definition) is 4. The van der Waals surface area contributed by atoms with Crippen LogP contribution in [0.4, 0.5) is 4.39 Å². The fourth-order valence-electron chi connectivity index (χ4n) is 4.50. The molecule has 162 valence electrons. The Kier molecular flexibility index (Phi) is 7.10. The molecule has 1 saturated heterocycles. The van der Waals surface area contributed by atoms with Gasteiger partial charge < -0.3 is 4.90 Å². The van der Waals surface area contributed by atoms with Crippen molar-refractivity contribution >= 4 is 17.2 Å². The van der Waals surface area contributed by atoms with Crippen LogP contribution in [0.15, 0.2) is 65.6 Å². The summed E-state index contributed by atoms with van der Waals surface area (Å²) in [6, 6.07) is 12.8. The molecular weight excluding hydrogens is 409 g/mol. The molecule has 1 amide bonds. The van der Waals surface area contributed by atoms with Crippen molar-refractivity contribution < 1.29 is 9.18 Å². The zero-order valence-electron chi connectivity index (χ0n) is 17.8. The summed E-state index contributed by atoms with van der Waals surface area (Å²) in [5, 5.41) is 3.80. The highest BCUT2D eigenvalue weighted by atomic mass is 32.1. The van der Waals surface area contributed by atoms with E-state index in [1.54, 1.807) is 12.3 Å². The highest BCUT2D eigenvalue weighted by molar-refractivity contribution is 7.08. The van der Waals surface area contributed by atoms with Gasteiger partial charge in [0.2, 0.25) is 0 Å². The lowest BCUT2D eigenvalue weighted by Crippen LogP contribution is -2.47. The number of aromatic nitrogens is 1. The third kappa shape index (κ3) is 5.38. The van der Waals surface area contributed by atoms with Gasteiger partial charge in [-0.05, 0) is 73.0 Å². The fraction of sp³-hybridized carbons (Fsp3) is 0.360. The molecule has 1 aromatic carbocycles. The third-order valence-electron chi connectivity index (χ3n) is 6.28. The Bertz CT molecular complexity index is 971. The van der Waals surface area contributed by atoms with Gasteiger partial charge in [0.25, 0.3) is 5.91 Å². The van der Waals surface area contributed by atoms with Gasteiger partial charge in [0, 0.05) is 37.4 Å². The SMILES string of the molecule is CN(C(=O)c1ccsc1)[C@@H](Cc1ccccc1F)C1CCN(Cc2cccnc2)CC1. The summed E-state index contributed by atoms with van der Waals surface area (Å²) in [4.78, 5) is 21.6. The van der Waals surface area contributed by atoms with Crippen molar-refractivity contribution in [2.24, 2.45) is 5.92 Å². The van der Waals surface area contributed by atoms with Crippen LogP contribution >= 0.6 is 11.3 Å². The van der Waals surface area contributed by atoms with Crippen molar-refractivity contribution in [3.05, 3.63) is 88.1 Å². The zero-order valence-corrected chi connectivity index (χ0v) is 18.6. The van der Waals surface area contributed by atoms with Gasteiger partial charge in [-0.3, -0.25) is 14.7 Å². The maximum atomic E-state index is 14.4. The molecule has 0 aliphatic carbocycles. The van der Waals surface area contributed by atoms with Crippen molar-refractivity contribution in [1.82, 2.24) is 14.8 Å². The molecule has 31 heavy (non-hydrogen) atoms. The number of carbonyl (C=O) groups excluding carboxylic acids is 1. The molecule has 6 heteroatoms. The molecule has 0 radical (unpaired) electrons. The third-order valence-corrected chi connectivity index (χ3v) is 6.96. The van der Waals surface area contributed by atoms with E-state index in [1.165, 1.54) is 23.0 Å². The highest BCUT2D eigenvalue weighted by Crippen LogP contribution is 2.29. The number of halogens is 1. The Labute approximate surface area is 187 Å². The van der Waals surface area contributed by atoms with Gasteiger partial charge in [0.05, 0.1) is 5.56 Å². The molecule has 1 aliphatic heterocycles. The van der Waals surface area contributed by atoms with Crippen molar-refractivity contribution in [2.45, 2.75) is 31.8 Å². The molecule has 0 N–H and O–H groups in total. The number of benzene rings is 1. The summed E-state index contributed by atoms with van der Waals surface area (Å²) in [7, 11) is 1.87. The zero-order chi connectivity index (χ0) is 21.6. The summed E-state index contributed by atoms with van der Waals surface area (Å²) >= 11 is 1.52. The molecule has 2 aromatic heterocycles. The molecule has 4 nitrogen and oxygen atoms in total. The molecule has 0 bridgehead atoms.